The van der Waals surface area contributed by atoms with Gasteiger partial charge in [0.15, 0.2) is 5.76 Å². The van der Waals surface area contributed by atoms with E-state index in [1.54, 1.807) is 29.4 Å². The molecule has 140 valence electrons. The van der Waals surface area contributed by atoms with Gasteiger partial charge < -0.3 is 9.73 Å². The van der Waals surface area contributed by atoms with Crippen LogP contribution >= 0.6 is 0 Å². The standard InChI is InChI=1S/C22H15N5O2/c28-22(25-15-7-9-16(10-8-15)27-14-23-13-24-27)18-12-20(21-6-3-11-29-21)26-19-5-2-1-4-17(18)19/h1-14H,(H,25,28). The van der Waals surface area contributed by atoms with E-state index in [-0.39, 0.29) is 5.91 Å². The molecule has 0 bridgehead atoms. The van der Waals surface area contributed by atoms with Gasteiger partial charge in [-0.2, -0.15) is 5.10 Å². The fourth-order valence-electron chi connectivity index (χ4n) is 3.15. The van der Waals surface area contributed by atoms with Crippen molar-refractivity contribution in [2.75, 3.05) is 5.32 Å². The number of anilines is 1. The van der Waals surface area contributed by atoms with Crippen LogP contribution in [0, 0.1) is 0 Å². The first-order chi connectivity index (χ1) is 14.3. The molecule has 5 rings (SSSR count). The number of carbonyl (C=O) groups is 1. The summed E-state index contributed by atoms with van der Waals surface area (Å²) in [7, 11) is 0. The predicted molar refractivity (Wildman–Crippen MR) is 109 cm³/mol. The zero-order valence-electron chi connectivity index (χ0n) is 15.2. The van der Waals surface area contributed by atoms with Crippen molar-refractivity contribution >= 4 is 22.5 Å². The number of rotatable bonds is 4. The van der Waals surface area contributed by atoms with E-state index >= 15 is 0 Å². The molecule has 0 aliphatic carbocycles. The molecule has 0 saturated carbocycles. The fourth-order valence-corrected chi connectivity index (χ4v) is 3.15. The zero-order chi connectivity index (χ0) is 19.6. The van der Waals surface area contributed by atoms with E-state index in [4.69, 9.17) is 4.42 Å². The van der Waals surface area contributed by atoms with Crippen LogP contribution in [0.15, 0.2) is 90.1 Å². The van der Waals surface area contributed by atoms with Crippen molar-refractivity contribution in [3.8, 4) is 17.1 Å². The molecule has 29 heavy (non-hydrogen) atoms. The molecule has 0 saturated heterocycles. The second-order valence-corrected chi connectivity index (χ2v) is 6.39. The van der Waals surface area contributed by atoms with Crippen LogP contribution in [0.5, 0.6) is 0 Å². The molecule has 0 spiro atoms. The number of benzene rings is 2. The van der Waals surface area contributed by atoms with Gasteiger partial charge in [0, 0.05) is 11.1 Å². The first-order valence-electron chi connectivity index (χ1n) is 8.98. The summed E-state index contributed by atoms with van der Waals surface area (Å²) in [4.78, 5) is 21.6. The number of fused-ring (bicyclic) bond motifs is 1. The highest BCUT2D eigenvalue weighted by Crippen LogP contribution is 2.26. The average Bonchev–Trinajstić information content (AvgIpc) is 3.48. The van der Waals surface area contributed by atoms with Crippen molar-refractivity contribution in [1.82, 2.24) is 19.7 Å². The van der Waals surface area contributed by atoms with E-state index in [2.05, 4.69) is 20.4 Å². The lowest BCUT2D eigenvalue weighted by Crippen LogP contribution is -2.13. The van der Waals surface area contributed by atoms with Gasteiger partial charge in [-0.15, -0.1) is 0 Å². The average molecular weight is 381 g/mol. The molecule has 0 fully saturated rings. The van der Waals surface area contributed by atoms with E-state index in [0.717, 1.165) is 16.6 Å². The Morgan fingerprint density at radius 2 is 1.86 bits per heavy atom. The quantitative estimate of drug-likeness (QED) is 0.501. The smallest absolute Gasteiger partial charge is 0.256 e. The molecule has 0 atom stereocenters. The number of para-hydroxylation sites is 1. The lowest BCUT2D eigenvalue weighted by Gasteiger charge is -2.10. The third-order valence-electron chi connectivity index (χ3n) is 4.54. The normalized spacial score (nSPS) is 10.9. The Morgan fingerprint density at radius 3 is 2.62 bits per heavy atom. The van der Waals surface area contributed by atoms with Crippen LogP contribution in [0.1, 0.15) is 10.4 Å². The van der Waals surface area contributed by atoms with Gasteiger partial charge >= 0.3 is 0 Å². The van der Waals surface area contributed by atoms with Gasteiger partial charge in [-0.05, 0) is 48.5 Å². The SMILES string of the molecule is O=C(Nc1ccc(-n2cncn2)cc1)c1cc(-c2ccco2)nc2ccccc12. The van der Waals surface area contributed by atoms with E-state index in [1.165, 1.54) is 6.33 Å². The summed E-state index contributed by atoms with van der Waals surface area (Å²) in [6.07, 6.45) is 4.68. The molecule has 0 aliphatic heterocycles. The summed E-state index contributed by atoms with van der Waals surface area (Å²) in [6.45, 7) is 0. The highest BCUT2D eigenvalue weighted by atomic mass is 16.3. The summed E-state index contributed by atoms with van der Waals surface area (Å²) in [6, 6.07) is 20.3. The molecule has 1 N–H and O–H groups in total. The number of nitrogens with one attached hydrogen (secondary N) is 1. The molecular formula is C22H15N5O2. The van der Waals surface area contributed by atoms with Gasteiger partial charge in [0.05, 0.1) is 23.0 Å². The largest absolute Gasteiger partial charge is 0.463 e. The maximum Gasteiger partial charge on any atom is 0.256 e. The molecule has 3 aromatic heterocycles. The number of furan rings is 1. The second kappa shape index (κ2) is 7.05. The van der Waals surface area contributed by atoms with Crippen molar-refractivity contribution < 1.29 is 9.21 Å². The highest BCUT2D eigenvalue weighted by Gasteiger charge is 2.15. The topological polar surface area (TPSA) is 85.8 Å². The molecule has 1 amide bonds. The Bertz CT molecular complexity index is 1280. The van der Waals surface area contributed by atoms with Crippen molar-refractivity contribution in [2.24, 2.45) is 0 Å². The summed E-state index contributed by atoms with van der Waals surface area (Å²) in [5.74, 6) is 0.395. The summed E-state index contributed by atoms with van der Waals surface area (Å²) >= 11 is 0. The maximum absolute atomic E-state index is 13.1. The summed E-state index contributed by atoms with van der Waals surface area (Å²) in [5, 5.41) is 7.83. The Kier molecular flexibility index (Phi) is 4.10. The second-order valence-electron chi connectivity index (χ2n) is 6.39. The van der Waals surface area contributed by atoms with Gasteiger partial charge in [0.1, 0.15) is 18.3 Å². The molecule has 0 radical (unpaired) electrons. The molecule has 0 aliphatic rings. The monoisotopic (exact) mass is 381 g/mol. The summed E-state index contributed by atoms with van der Waals surface area (Å²) in [5.41, 5.74) is 3.41. The zero-order valence-corrected chi connectivity index (χ0v) is 15.2. The number of pyridine rings is 1. The van der Waals surface area contributed by atoms with E-state index in [1.807, 2.05) is 54.6 Å². The molecule has 2 aromatic carbocycles. The Labute approximate surface area is 165 Å². The van der Waals surface area contributed by atoms with Gasteiger partial charge in [0.25, 0.3) is 5.91 Å². The fraction of sp³-hybridized carbons (Fsp3) is 0. The number of hydrogen-bond acceptors (Lipinski definition) is 5. The maximum atomic E-state index is 13.1. The third-order valence-corrected chi connectivity index (χ3v) is 4.54. The van der Waals surface area contributed by atoms with Crippen LogP contribution in [-0.4, -0.2) is 25.7 Å². The minimum absolute atomic E-state index is 0.218. The van der Waals surface area contributed by atoms with Crippen LogP contribution in [0.2, 0.25) is 0 Å². The number of aromatic nitrogens is 4. The number of amides is 1. The molecular weight excluding hydrogens is 366 g/mol. The molecule has 7 nitrogen and oxygen atoms in total. The lowest BCUT2D eigenvalue weighted by atomic mass is 10.1. The number of nitrogens with zero attached hydrogens (tertiary/aromatic N) is 4. The van der Waals surface area contributed by atoms with Crippen molar-refractivity contribution in [3.63, 3.8) is 0 Å². The molecule has 5 aromatic rings. The van der Waals surface area contributed by atoms with Crippen LogP contribution in [0.25, 0.3) is 28.0 Å². The van der Waals surface area contributed by atoms with Crippen molar-refractivity contribution in [1.29, 1.82) is 0 Å². The minimum atomic E-state index is -0.218. The van der Waals surface area contributed by atoms with Crippen molar-refractivity contribution in [2.45, 2.75) is 0 Å². The van der Waals surface area contributed by atoms with E-state index in [9.17, 15) is 4.79 Å². The lowest BCUT2D eigenvalue weighted by molar-refractivity contribution is 0.102. The number of hydrogen-bond donors (Lipinski definition) is 1. The van der Waals surface area contributed by atoms with Gasteiger partial charge in [-0.25, -0.2) is 14.6 Å². The molecule has 0 unspecified atom stereocenters. The Hall–Kier alpha value is -4.26. The van der Waals surface area contributed by atoms with Gasteiger partial charge in [-0.1, -0.05) is 18.2 Å². The predicted octanol–water partition coefficient (Wildman–Crippen LogP) is 4.33. The van der Waals surface area contributed by atoms with E-state index in [0.29, 0.717) is 22.7 Å². The molecule has 7 heteroatoms. The molecule has 3 heterocycles. The third kappa shape index (κ3) is 3.25. The highest BCUT2D eigenvalue weighted by molar-refractivity contribution is 6.13. The Morgan fingerprint density at radius 1 is 1.00 bits per heavy atom. The van der Waals surface area contributed by atoms with Crippen LogP contribution < -0.4 is 5.32 Å². The van der Waals surface area contributed by atoms with Crippen molar-refractivity contribution in [3.05, 3.63) is 91.2 Å². The van der Waals surface area contributed by atoms with Crippen LogP contribution in [-0.2, 0) is 0 Å². The van der Waals surface area contributed by atoms with Crippen LogP contribution in [0.3, 0.4) is 0 Å². The summed E-state index contributed by atoms with van der Waals surface area (Å²) < 4.78 is 7.11. The number of carbonyl (C=O) groups excluding carboxylic acids is 1. The first-order valence-corrected chi connectivity index (χ1v) is 8.98. The minimum Gasteiger partial charge on any atom is -0.463 e. The van der Waals surface area contributed by atoms with Gasteiger partial charge in [-0.3, -0.25) is 4.79 Å². The van der Waals surface area contributed by atoms with Gasteiger partial charge in [0.2, 0.25) is 0 Å². The Balaban J connectivity index is 1.49. The van der Waals surface area contributed by atoms with Crippen LogP contribution in [0.4, 0.5) is 5.69 Å². The van der Waals surface area contributed by atoms with E-state index < -0.39 is 0 Å². The first kappa shape index (κ1) is 16.9.